The van der Waals surface area contributed by atoms with E-state index in [4.69, 9.17) is 4.74 Å². The van der Waals surface area contributed by atoms with Crippen LogP contribution in [0.15, 0.2) is 30.3 Å². The molecule has 0 saturated carbocycles. The second-order valence-corrected chi connectivity index (χ2v) is 6.10. The van der Waals surface area contributed by atoms with Gasteiger partial charge in [0.05, 0.1) is 6.61 Å². The summed E-state index contributed by atoms with van der Waals surface area (Å²) in [5.74, 6) is 0. The maximum absolute atomic E-state index is 5.67. The molecular weight excluding hydrogens is 270 g/mol. The molecule has 0 atom stereocenters. The molecule has 0 heterocycles. The fourth-order valence-corrected chi connectivity index (χ4v) is 2.59. The lowest BCUT2D eigenvalue weighted by Crippen LogP contribution is -2.19. The Morgan fingerprint density at radius 3 is 2.09 bits per heavy atom. The molecular formula is C20H35NO. The van der Waals surface area contributed by atoms with E-state index in [0.29, 0.717) is 0 Å². The van der Waals surface area contributed by atoms with E-state index in [9.17, 15) is 0 Å². The Morgan fingerprint density at radius 1 is 0.773 bits per heavy atom. The van der Waals surface area contributed by atoms with Gasteiger partial charge in [-0.2, -0.15) is 0 Å². The first-order chi connectivity index (χ1) is 10.9. The number of benzene rings is 1. The van der Waals surface area contributed by atoms with Crippen LogP contribution in [0.25, 0.3) is 0 Å². The molecule has 1 aromatic carbocycles. The highest BCUT2D eigenvalue weighted by molar-refractivity contribution is 5.14. The molecule has 0 aliphatic rings. The van der Waals surface area contributed by atoms with Crippen molar-refractivity contribution < 1.29 is 4.74 Å². The quantitative estimate of drug-likeness (QED) is 0.443. The normalized spacial score (nSPS) is 11.0. The van der Waals surface area contributed by atoms with E-state index >= 15 is 0 Å². The third-order valence-corrected chi connectivity index (χ3v) is 3.99. The van der Waals surface area contributed by atoms with Crippen LogP contribution in [0.2, 0.25) is 0 Å². The van der Waals surface area contributed by atoms with Crippen molar-refractivity contribution in [3.05, 3.63) is 35.9 Å². The lowest BCUT2D eigenvalue weighted by atomic mass is 10.1. The first-order valence-electron chi connectivity index (χ1n) is 9.26. The van der Waals surface area contributed by atoms with E-state index in [1.807, 2.05) is 0 Å². The Morgan fingerprint density at radius 2 is 1.41 bits per heavy atom. The summed E-state index contributed by atoms with van der Waals surface area (Å²) in [6.07, 6.45) is 12.4. The number of hydrogen-bond acceptors (Lipinski definition) is 2. The molecule has 0 amide bonds. The zero-order chi connectivity index (χ0) is 15.7. The summed E-state index contributed by atoms with van der Waals surface area (Å²) in [6, 6.07) is 10.5. The van der Waals surface area contributed by atoms with Crippen molar-refractivity contribution in [3.8, 4) is 0 Å². The van der Waals surface area contributed by atoms with Gasteiger partial charge in [0.25, 0.3) is 0 Å². The minimum atomic E-state index is 0.823. The van der Waals surface area contributed by atoms with Crippen LogP contribution in [-0.4, -0.2) is 19.8 Å². The summed E-state index contributed by atoms with van der Waals surface area (Å²) in [7, 11) is 0. The number of hydrogen-bond donors (Lipinski definition) is 1. The summed E-state index contributed by atoms with van der Waals surface area (Å²) < 4.78 is 5.67. The van der Waals surface area contributed by atoms with Gasteiger partial charge in [0.1, 0.15) is 0 Å². The predicted molar refractivity (Wildman–Crippen MR) is 96.2 cm³/mol. The monoisotopic (exact) mass is 305 g/mol. The molecule has 0 aromatic heterocycles. The molecule has 0 saturated heterocycles. The van der Waals surface area contributed by atoms with Crippen LogP contribution in [0.4, 0.5) is 0 Å². The number of unbranched alkanes of at least 4 members (excludes halogenated alkanes) is 8. The molecule has 0 unspecified atom stereocenters. The van der Waals surface area contributed by atoms with Crippen molar-refractivity contribution in [1.29, 1.82) is 0 Å². The Balaban J connectivity index is 1.73. The highest BCUT2D eigenvalue weighted by Gasteiger charge is 1.94. The molecule has 1 rings (SSSR count). The van der Waals surface area contributed by atoms with E-state index in [1.54, 1.807) is 0 Å². The smallest absolute Gasteiger partial charge is 0.0591 e. The Bertz CT molecular complexity index is 326. The van der Waals surface area contributed by atoms with Gasteiger partial charge in [-0.05, 0) is 12.0 Å². The van der Waals surface area contributed by atoms with Crippen LogP contribution in [0.3, 0.4) is 0 Å². The molecule has 1 aromatic rings. The Labute approximate surface area is 137 Å². The Hall–Kier alpha value is -0.860. The molecule has 2 heteroatoms. The molecule has 0 spiro atoms. The van der Waals surface area contributed by atoms with Gasteiger partial charge in [0.2, 0.25) is 0 Å². The van der Waals surface area contributed by atoms with Gasteiger partial charge in [-0.25, -0.2) is 0 Å². The number of nitrogens with one attached hydrogen (secondary N) is 1. The van der Waals surface area contributed by atoms with Gasteiger partial charge in [0.15, 0.2) is 0 Å². The number of rotatable bonds is 15. The van der Waals surface area contributed by atoms with E-state index in [-0.39, 0.29) is 0 Å². The average molecular weight is 306 g/mol. The zero-order valence-corrected chi connectivity index (χ0v) is 14.5. The highest BCUT2D eigenvalue weighted by Crippen LogP contribution is 2.09. The first-order valence-corrected chi connectivity index (χ1v) is 9.26. The van der Waals surface area contributed by atoms with Crippen LogP contribution in [-0.2, 0) is 11.3 Å². The molecule has 0 aliphatic carbocycles. The van der Waals surface area contributed by atoms with Crippen molar-refractivity contribution in [2.75, 3.05) is 19.8 Å². The highest BCUT2D eigenvalue weighted by atomic mass is 16.5. The van der Waals surface area contributed by atoms with Gasteiger partial charge in [-0.15, -0.1) is 0 Å². The third kappa shape index (κ3) is 11.8. The van der Waals surface area contributed by atoms with Crippen LogP contribution < -0.4 is 5.32 Å². The number of ether oxygens (including phenoxy) is 1. The summed E-state index contributed by atoms with van der Waals surface area (Å²) in [5.41, 5.74) is 1.33. The maximum atomic E-state index is 5.67. The summed E-state index contributed by atoms with van der Waals surface area (Å²) >= 11 is 0. The SMILES string of the molecule is CCCCCCCCCCCOCCNCc1ccccc1. The predicted octanol–water partition coefficient (Wildman–Crippen LogP) is 5.32. The van der Waals surface area contributed by atoms with E-state index < -0.39 is 0 Å². The maximum Gasteiger partial charge on any atom is 0.0591 e. The van der Waals surface area contributed by atoms with Crippen LogP contribution in [0.1, 0.15) is 70.3 Å². The second kappa shape index (κ2) is 15.1. The molecule has 2 nitrogen and oxygen atoms in total. The van der Waals surface area contributed by atoms with Crippen molar-refractivity contribution in [2.24, 2.45) is 0 Å². The van der Waals surface area contributed by atoms with E-state index in [2.05, 4.69) is 42.6 Å². The van der Waals surface area contributed by atoms with Crippen molar-refractivity contribution in [1.82, 2.24) is 5.32 Å². The van der Waals surface area contributed by atoms with Crippen LogP contribution >= 0.6 is 0 Å². The third-order valence-electron chi connectivity index (χ3n) is 3.99. The lowest BCUT2D eigenvalue weighted by Gasteiger charge is -2.06. The standard InChI is InChI=1S/C20H35NO/c1-2-3-4-5-6-7-8-9-13-17-22-18-16-21-19-20-14-11-10-12-15-20/h10-12,14-15,21H,2-9,13,16-19H2,1H3. The minimum Gasteiger partial charge on any atom is -0.380 e. The molecule has 0 radical (unpaired) electrons. The Kier molecular flexibility index (Phi) is 13.1. The van der Waals surface area contributed by atoms with E-state index in [1.165, 1.54) is 63.4 Å². The van der Waals surface area contributed by atoms with Gasteiger partial charge in [0, 0.05) is 19.7 Å². The van der Waals surface area contributed by atoms with Crippen LogP contribution in [0.5, 0.6) is 0 Å². The molecule has 126 valence electrons. The fourth-order valence-electron chi connectivity index (χ4n) is 2.59. The minimum absolute atomic E-state index is 0.823. The van der Waals surface area contributed by atoms with E-state index in [0.717, 1.165) is 26.3 Å². The molecule has 0 bridgehead atoms. The fraction of sp³-hybridized carbons (Fsp3) is 0.700. The second-order valence-electron chi connectivity index (χ2n) is 6.10. The molecule has 22 heavy (non-hydrogen) atoms. The molecule has 0 fully saturated rings. The molecule has 0 aliphatic heterocycles. The average Bonchev–Trinajstić information content (AvgIpc) is 2.56. The molecule has 1 N–H and O–H groups in total. The van der Waals surface area contributed by atoms with Gasteiger partial charge in [-0.1, -0.05) is 88.6 Å². The van der Waals surface area contributed by atoms with Gasteiger partial charge < -0.3 is 10.1 Å². The van der Waals surface area contributed by atoms with Crippen molar-refractivity contribution in [2.45, 2.75) is 71.3 Å². The first kappa shape index (κ1) is 19.2. The van der Waals surface area contributed by atoms with Gasteiger partial charge in [-0.3, -0.25) is 0 Å². The summed E-state index contributed by atoms with van der Waals surface area (Å²) in [4.78, 5) is 0. The largest absolute Gasteiger partial charge is 0.380 e. The summed E-state index contributed by atoms with van der Waals surface area (Å²) in [6.45, 7) is 5.89. The lowest BCUT2D eigenvalue weighted by molar-refractivity contribution is 0.131. The topological polar surface area (TPSA) is 21.3 Å². The van der Waals surface area contributed by atoms with Crippen molar-refractivity contribution in [3.63, 3.8) is 0 Å². The zero-order valence-electron chi connectivity index (χ0n) is 14.5. The van der Waals surface area contributed by atoms with Crippen molar-refractivity contribution >= 4 is 0 Å². The van der Waals surface area contributed by atoms with Gasteiger partial charge >= 0.3 is 0 Å². The van der Waals surface area contributed by atoms with Crippen LogP contribution in [0, 0.1) is 0 Å². The summed E-state index contributed by atoms with van der Waals surface area (Å²) in [5, 5.41) is 3.41.